The van der Waals surface area contributed by atoms with Crippen LogP contribution in [0.5, 0.6) is 0 Å². The molecule has 45 heavy (non-hydrogen) atoms. The van der Waals surface area contributed by atoms with Gasteiger partial charge in [0.2, 0.25) is 36.0 Å². The fourth-order valence-corrected chi connectivity index (χ4v) is 4.57. The zero-order valence-corrected chi connectivity index (χ0v) is 25.1. The lowest BCUT2D eigenvalue weighted by Crippen LogP contribution is -2.21. The summed E-state index contributed by atoms with van der Waals surface area (Å²) in [5.74, 6) is -1.30. The van der Waals surface area contributed by atoms with E-state index in [1.165, 1.54) is 18.2 Å². The van der Waals surface area contributed by atoms with Gasteiger partial charge in [0.05, 0.1) is 17.1 Å². The summed E-state index contributed by atoms with van der Waals surface area (Å²) in [5, 5.41) is 8.37. The van der Waals surface area contributed by atoms with Gasteiger partial charge in [-0.3, -0.25) is 14.4 Å². The first-order valence-corrected chi connectivity index (χ1v) is 14.1. The molecule has 0 aromatic heterocycles. The van der Waals surface area contributed by atoms with Crippen LogP contribution in [0, 0.1) is 26.7 Å². The summed E-state index contributed by atoms with van der Waals surface area (Å²) in [6.45, 7) is 5.27. The highest BCUT2D eigenvalue weighted by atomic mass is 16.2. The third-order valence-electron chi connectivity index (χ3n) is 7.10. The Bertz CT molecular complexity index is 1730. The van der Waals surface area contributed by atoms with Crippen molar-refractivity contribution in [2.45, 2.75) is 52.9 Å². The van der Waals surface area contributed by atoms with Crippen LogP contribution in [0.3, 0.4) is 0 Å². The number of rotatable bonds is 14. The molecule has 0 aliphatic carbocycles. The van der Waals surface area contributed by atoms with Crippen molar-refractivity contribution in [1.82, 2.24) is 0 Å². The Morgan fingerprint density at radius 3 is 1.67 bits per heavy atom. The Hall–Kier alpha value is -5.79. The largest absolute Gasteiger partial charge is 0.326 e. The molecule has 0 spiro atoms. The van der Waals surface area contributed by atoms with Crippen LogP contribution in [-0.4, -0.2) is 36.0 Å². The summed E-state index contributed by atoms with van der Waals surface area (Å²) < 4.78 is 0. The van der Waals surface area contributed by atoms with E-state index in [0.29, 0.717) is 52.5 Å². The second kappa shape index (κ2) is 16.7. The van der Waals surface area contributed by atoms with E-state index in [2.05, 4.69) is 30.9 Å². The zero-order chi connectivity index (χ0) is 32.8. The van der Waals surface area contributed by atoms with Crippen LogP contribution in [0.2, 0.25) is 0 Å². The molecule has 0 saturated carbocycles. The monoisotopic (exact) mass is 608 g/mol. The first-order valence-electron chi connectivity index (χ1n) is 14.1. The molecule has 12 heteroatoms. The van der Waals surface area contributed by atoms with Crippen molar-refractivity contribution in [3.05, 3.63) is 71.3 Å². The number of isocyanates is 3. The molecule has 0 aliphatic rings. The molecule has 1 unspecified atom stereocenters. The van der Waals surface area contributed by atoms with Gasteiger partial charge in [0.25, 0.3) is 0 Å². The van der Waals surface area contributed by atoms with E-state index in [0.717, 1.165) is 11.1 Å². The summed E-state index contributed by atoms with van der Waals surface area (Å²) in [7, 11) is 0. The van der Waals surface area contributed by atoms with Crippen molar-refractivity contribution in [1.29, 1.82) is 0 Å². The van der Waals surface area contributed by atoms with Gasteiger partial charge in [-0.25, -0.2) is 14.4 Å². The molecule has 0 heterocycles. The number of aliphatic imine (C=N–C) groups is 3. The molecular weight excluding hydrogens is 576 g/mol. The van der Waals surface area contributed by atoms with E-state index in [9.17, 15) is 28.8 Å². The lowest BCUT2D eigenvalue weighted by Gasteiger charge is -2.17. The summed E-state index contributed by atoms with van der Waals surface area (Å²) in [6, 6.07) is 14.9. The number of amides is 3. The Morgan fingerprint density at radius 2 is 1.13 bits per heavy atom. The van der Waals surface area contributed by atoms with Gasteiger partial charge >= 0.3 is 0 Å². The van der Waals surface area contributed by atoms with Crippen molar-refractivity contribution >= 4 is 70.1 Å². The normalized spacial score (nSPS) is 10.7. The second-order valence-electron chi connectivity index (χ2n) is 10.4. The number of nitrogens with one attached hydrogen (secondary N) is 3. The highest BCUT2D eigenvalue weighted by Crippen LogP contribution is 2.28. The second-order valence-corrected chi connectivity index (χ2v) is 10.4. The average molecular weight is 609 g/mol. The molecule has 3 aromatic carbocycles. The number of hydrogen-bond acceptors (Lipinski definition) is 9. The molecule has 0 fully saturated rings. The van der Waals surface area contributed by atoms with Crippen molar-refractivity contribution in [3.63, 3.8) is 0 Å². The van der Waals surface area contributed by atoms with Gasteiger partial charge in [-0.2, -0.15) is 15.0 Å². The highest BCUT2D eigenvalue weighted by Gasteiger charge is 2.19. The van der Waals surface area contributed by atoms with Crippen molar-refractivity contribution in [2.24, 2.45) is 20.9 Å². The van der Waals surface area contributed by atoms with E-state index in [1.807, 2.05) is 0 Å². The van der Waals surface area contributed by atoms with E-state index >= 15 is 0 Å². The number of anilines is 3. The maximum absolute atomic E-state index is 13.0. The van der Waals surface area contributed by atoms with Gasteiger partial charge in [-0.15, -0.1) is 0 Å². The summed E-state index contributed by atoms with van der Waals surface area (Å²) >= 11 is 0. The standard InChI is InChI=1S/C33H32N6O6/c1-21-7-11-25(16-29(21)35-19-41)37-31(43)13-9-24(15-33(45)38-26-12-8-22(2)30(17-26)36-20-42)10-14-32(44)39-28-6-4-5-27(23(28)3)34-18-40/h4-8,11-12,16-17,24H,9-10,13-15H2,1-3H3,(H,37,43)(H,38,45)(H,39,44). The third-order valence-corrected chi connectivity index (χ3v) is 7.10. The van der Waals surface area contributed by atoms with Crippen molar-refractivity contribution < 1.29 is 28.8 Å². The Morgan fingerprint density at radius 1 is 0.644 bits per heavy atom. The molecule has 1 atom stereocenters. The Balaban J connectivity index is 1.69. The lowest BCUT2D eigenvalue weighted by atomic mass is 9.93. The topological polar surface area (TPSA) is 176 Å². The van der Waals surface area contributed by atoms with Gasteiger partial charge in [-0.05, 0) is 92.6 Å². The molecule has 0 saturated heterocycles. The lowest BCUT2D eigenvalue weighted by molar-refractivity contribution is -0.119. The molecule has 0 radical (unpaired) electrons. The van der Waals surface area contributed by atoms with Crippen LogP contribution in [0.15, 0.2) is 69.6 Å². The number of carbonyl (C=O) groups is 3. The summed E-state index contributed by atoms with van der Waals surface area (Å²) in [4.78, 5) is 81.7. The Labute approximate surface area is 259 Å². The molecule has 0 bridgehead atoms. The SMILES string of the molecule is Cc1ccc(NC(=O)CCC(CCC(=O)Nc2cccc(N=C=O)c2C)CC(=O)Nc2ccc(C)c(N=C=O)c2)cc1N=C=O. The van der Waals surface area contributed by atoms with Gasteiger partial charge in [0, 0.05) is 36.3 Å². The number of aryl methyl sites for hydroxylation is 2. The molecule has 230 valence electrons. The van der Waals surface area contributed by atoms with Gasteiger partial charge < -0.3 is 16.0 Å². The van der Waals surface area contributed by atoms with Gasteiger partial charge in [0.15, 0.2) is 0 Å². The molecular formula is C33H32N6O6. The van der Waals surface area contributed by atoms with Crippen LogP contribution in [-0.2, 0) is 28.8 Å². The van der Waals surface area contributed by atoms with E-state index < -0.39 is 0 Å². The molecule has 3 rings (SSSR count). The Kier molecular flexibility index (Phi) is 12.5. The zero-order valence-electron chi connectivity index (χ0n) is 25.1. The number of carbonyl (C=O) groups excluding carboxylic acids is 6. The predicted octanol–water partition coefficient (Wildman–Crippen LogP) is 6.30. The fraction of sp³-hybridized carbons (Fsp3) is 0.273. The number of hydrogen-bond donors (Lipinski definition) is 3. The maximum Gasteiger partial charge on any atom is 0.240 e. The number of benzene rings is 3. The minimum atomic E-state index is -0.347. The van der Waals surface area contributed by atoms with Crippen LogP contribution in [0.1, 0.15) is 48.8 Å². The first-order chi connectivity index (χ1) is 21.6. The first kappa shape index (κ1) is 33.7. The van der Waals surface area contributed by atoms with E-state index in [-0.39, 0.29) is 42.9 Å². The van der Waals surface area contributed by atoms with Gasteiger partial charge in [0.1, 0.15) is 0 Å². The highest BCUT2D eigenvalue weighted by molar-refractivity contribution is 5.94. The summed E-state index contributed by atoms with van der Waals surface area (Å²) in [5.41, 5.74) is 4.64. The minimum Gasteiger partial charge on any atom is -0.326 e. The van der Waals surface area contributed by atoms with E-state index in [4.69, 9.17) is 0 Å². The van der Waals surface area contributed by atoms with Crippen molar-refractivity contribution in [3.8, 4) is 0 Å². The molecule has 3 N–H and O–H groups in total. The summed E-state index contributed by atoms with van der Waals surface area (Å²) in [6.07, 6.45) is 5.22. The van der Waals surface area contributed by atoms with E-state index in [1.54, 1.807) is 75.4 Å². The average Bonchev–Trinajstić information content (AvgIpc) is 3.00. The smallest absolute Gasteiger partial charge is 0.240 e. The predicted molar refractivity (Wildman–Crippen MR) is 169 cm³/mol. The van der Waals surface area contributed by atoms with Crippen molar-refractivity contribution in [2.75, 3.05) is 16.0 Å². The maximum atomic E-state index is 13.0. The van der Waals surface area contributed by atoms with Gasteiger partial charge in [-0.1, -0.05) is 18.2 Å². The van der Waals surface area contributed by atoms with Crippen LogP contribution in [0.4, 0.5) is 34.1 Å². The third kappa shape index (κ3) is 10.5. The van der Waals surface area contributed by atoms with Crippen LogP contribution < -0.4 is 16.0 Å². The van der Waals surface area contributed by atoms with Crippen LogP contribution in [0.25, 0.3) is 0 Å². The minimum absolute atomic E-state index is 0.0199. The van der Waals surface area contributed by atoms with Crippen LogP contribution >= 0.6 is 0 Å². The molecule has 3 aromatic rings. The fourth-order valence-electron chi connectivity index (χ4n) is 4.57. The molecule has 12 nitrogen and oxygen atoms in total. The number of nitrogens with zero attached hydrogens (tertiary/aromatic N) is 3. The molecule has 0 aliphatic heterocycles. The quantitative estimate of drug-likeness (QED) is 0.143. The molecule has 3 amide bonds.